The monoisotopic (exact) mass is 656 g/mol. The molecule has 0 N–H and O–H groups in total. The number of methoxy groups -OCH3 is 5. The average molecular weight is 657 g/mol. The third-order valence-electron chi connectivity index (χ3n) is 9.31. The van der Waals surface area contributed by atoms with Crippen LogP contribution in [0.4, 0.5) is 0 Å². The number of hydrogen-bond donors (Lipinski definition) is 0. The summed E-state index contributed by atoms with van der Waals surface area (Å²) in [6.07, 6.45) is 1.29. The van der Waals surface area contributed by atoms with Crippen LogP contribution in [0.3, 0.4) is 0 Å². The maximum Gasteiger partial charge on any atom is 0.161 e. The predicted octanol–water partition coefficient (Wildman–Crippen LogP) is 8.37. The minimum atomic E-state index is -0.102. The molecule has 1 saturated heterocycles. The van der Waals surface area contributed by atoms with Crippen LogP contribution < -0.4 is 33.2 Å². The Kier molecular flexibility index (Phi) is 11.6. The SMILES string of the molecule is COc1ccc(CCOc2ccc(C3OC(c4ccc(OCCc5ccc(OC)c(OC)c5)c(OC)c4)[C@H](C)[C@H]3C)cc2OC)cc1C. The first-order valence-corrected chi connectivity index (χ1v) is 16.4. The molecule has 48 heavy (non-hydrogen) atoms. The summed E-state index contributed by atoms with van der Waals surface area (Å²) in [5, 5.41) is 0. The Bertz CT molecular complexity index is 1670. The van der Waals surface area contributed by atoms with Gasteiger partial charge in [0.05, 0.1) is 61.0 Å². The first-order valence-electron chi connectivity index (χ1n) is 16.4. The van der Waals surface area contributed by atoms with Crippen LogP contribution in [0.2, 0.25) is 0 Å². The fraction of sp³-hybridized carbons (Fsp3) is 0.400. The molecule has 4 atom stereocenters. The maximum atomic E-state index is 6.76. The summed E-state index contributed by atoms with van der Waals surface area (Å²) in [4.78, 5) is 0. The van der Waals surface area contributed by atoms with Crippen LogP contribution in [0.1, 0.15) is 53.9 Å². The highest BCUT2D eigenvalue weighted by molar-refractivity contribution is 5.46. The van der Waals surface area contributed by atoms with Crippen molar-refractivity contribution in [2.24, 2.45) is 11.8 Å². The number of hydrogen-bond acceptors (Lipinski definition) is 8. The van der Waals surface area contributed by atoms with Gasteiger partial charge in [-0.05, 0) is 89.0 Å². The number of benzene rings is 4. The van der Waals surface area contributed by atoms with Crippen molar-refractivity contribution in [1.82, 2.24) is 0 Å². The Hall–Kier alpha value is -4.56. The molecule has 256 valence electrons. The quantitative estimate of drug-likeness (QED) is 0.126. The highest BCUT2D eigenvalue weighted by Gasteiger charge is 2.41. The lowest BCUT2D eigenvalue weighted by atomic mass is 9.85. The highest BCUT2D eigenvalue weighted by atomic mass is 16.5. The van der Waals surface area contributed by atoms with Crippen molar-refractivity contribution in [3.05, 3.63) is 101 Å². The lowest BCUT2D eigenvalue weighted by molar-refractivity contribution is 0.0287. The van der Waals surface area contributed by atoms with E-state index in [1.54, 1.807) is 35.5 Å². The molecule has 8 heteroatoms. The van der Waals surface area contributed by atoms with Crippen LogP contribution in [0.25, 0.3) is 0 Å². The van der Waals surface area contributed by atoms with E-state index >= 15 is 0 Å². The van der Waals surface area contributed by atoms with Crippen LogP contribution in [0.15, 0.2) is 72.8 Å². The zero-order valence-corrected chi connectivity index (χ0v) is 29.3. The molecule has 1 heterocycles. The third-order valence-corrected chi connectivity index (χ3v) is 9.31. The van der Waals surface area contributed by atoms with Gasteiger partial charge in [0.15, 0.2) is 34.5 Å². The molecule has 4 aromatic carbocycles. The number of aryl methyl sites for hydroxylation is 1. The third kappa shape index (κ3) is 7.76. The molecule has 0 bridgehead atoms. The van der Waals surface area contributed by atoms with Gasteiger partial charge in [-0.3, -0.25) is 0 Å². The van der Waals surface area contributed by atoms with Crippen molar-refractivity contribution in [2.45, 2.75) is 45.8 Å². The van der Waals surface area contributed by atoms with E-state index in [-0.39, 0.29) is 24.0 Å². The highest BCUT2D eigenvalue weighted by Crippen LogP contribution is 2.50. The van der Waals surface area contributed by atoms with Crippen molar-refractivity contribution < 1.29 is 37.9 Å². The van der Waals surface area contributed by atoms with Gasteiger partial charge < -0.3 is 37.9 Å². The Labute approximate surface area is 284 Å². The second-order valence-corrected chi connectivity index (χ2v) is 12.2. The van der Waals surface area contributed by atoms with Gasteiger partial charge in [0.25, 0.3) is 0 Å². The summed E-state index contributed by atoms with van der Waals surface area (Å²) in [5.74, 6) is 5.62. The smallest absolute Gasteiger partial charge is 0.161 e. The Morgan fingerprint density at radius 3 is 1.35 bits per heavy atom. The van der Waals surface area contributed by atoms with E-state index in [2.05, 4.69) is 38.1 Å². The average Bonchev–Trinajstić information content (AvgIpc) is 3.41. The van der Waals surface area contributed by atoms with Crippen LogP contribution in [-0.2, 0) is 17.6 Å². The van der Waals surface area contributed by atoms with E-state index in [0.717, 1.165) is 34.4 Å². The van der Waals surface area contributed by atoms with Crippen molar-refractivity contribution in [3.8, 4) is 40.2 Å². The van der Waals surface area contributed by atoms with E-state index in [0.29, 0.717) is 54.1 Å². The zero-order chi connectivity index (χ0) is 34.2. The molecule has 0 aromatic heterocycles. The van der Waals surface area contributed by atoms with Gasteiger partial charge in [0, 0.05) is 12.8 Å². The zero-order valence-electron chi connectivity index (χ0n) is 29.3. The Morgan fingerprint density at radius 1 is 0.479 bits per heavy atom. The Balaban J connectivity index is 1.22. The van der Waals surface area contributed by atoms with Crippen molar-refractivity contribution in [2.75, 3.05) is 48.8 Å². The van der Waals surface area contributed by atoms with Crippen LogP contribution in [0.5, 0.6) is 40.2 Å². The van der Waals surface area contributed by atoms with Crippen molar-refractivity contribution in [1.29, 1.82) is 0 Å². The van der Waals surface area contributed by atoms with E-state index in [4.69, 9.17) is 37.9 Å². The first-order chi connectivity index (χ1) is 23.3. The fourth-order valence-corrected chi connectivity index (χ4v) is 6.37. The van der Waals surface area contributed by atoms with E-state index < -0.39 is 0 Å². The molecule has 1 aliphatic rings. The van der Waals surface area contributed by atoms with Crippen molar-refractivity contribution >= 4 is 0 Å². The van der Waals surface area contributed by atoms with Gasteiger partial charge in [-0.25, -0.2) is 0 Å². The van der Waals surface area contributed by atoms with Crippen LogP contribution in [0, 0.1) is 18.8 Å². The summed E-state index contributed by atoms with van der Waals surface area (Å²) in [6, 6.07) is 24.3. The normalized spacial score (nSPS) is 18.7. The fourth-order valence-electron chi connectivity index (χ4n) is 6.37. The maximum absolute atomic E-state index is 6.76. The van der Waals surface area contributed by atoms with Crippen LogP contribution in [-0.4, -0.2) is 48.8 Å². The largest absolute Gasteiger partial charge is 0.496 e. The standard InChI is InChI=1S/C40H48O8/c1-25-21-28(9-13-32(25)41-4)17-19-46-34-15-11-30(23-37(34)44-7)39-26(2)27(3)40(48-39)31-12-16-35(38(24-31)45-8)47-20-18-29-10-14-33(42-5)36(22-29)43-6/h9-16,21-24,26-27,39-40H,17-20H2,1-8H3/t26-,27-,39?,40?/m1/s1. The molecule has 1 fully saturated rings. The lowest BCUT2D eigenvalue weighted by Crippen LogP contribution is -2.10. The second kappa shape index (κ2) is 16.0. The molecular formula is C40H48O8. The molecule has 0 aliphatic carbocycles. The second-order valence-electron chi connectivity index (χ2n) is 12.2. The Morgan fingerprint density at radius 2 is 0.896 bits per heavy atom. The van der Waals surface area contributed by atoms with E-state index in [9.17, 15) is 0 Å². The molecule has 1 aliphatic heterocycles. The van der Waals surface area contributed by atoms with Gasteiger partial charge >= 0.3 is 0 Å². The summed E-state index contributed by atoms with van der Waals surface area (Å²) >= 11 is 0. The molecule has 8 nitrogen and oxygen atoms in total. The summed E-state index contributed by atoms with van der Waals surface area (Å²) in [7, 11) is 8.30. The molecule has 0 spiro atoms. The molecule has 0 amide bonds. The lowest BCUT2D eigenvalue weighted by Gasteiger charge is -2.19. The number of ether oxygens (including phenoxy) is 8. The van der Waals surface area contributed by atoms with Gasteiger partial charge in [-0.15, -0.1) is 0 Å². The first kappa shape index (κ1) is 34.8. The minimum absolute atomic E-state index is 0.0985. The molecular weight excluding hydrogens is 608 g/mol. The van der Waals surface area contributed by atoms with Gasteiger partial charge in [0.1, 0.15) is 5.75 Å². The van der Waals surface area contributed by atoms with Gasteiger partial charge in [0.2, 0.25) is 0 Å². The topological polar surface area (TPSA) is 73.8 Å². The summed E-state index contributed by atoms with van der Waals surface area (Å²) < 4.78 is 46.7. The van der Waals surface area contributed by atoms with E-state index in [1.165, 1.54) is 5.56 Å². The minimum Gasteiger partial charge on any atom is -0.496 e. The molecule has 2 unspecified atom stereocenters. The molecule has 0 saturated carbocycles. The molecule has 0 radical (unpaired) electrons. The number of rotatable bonds is 15. The molecule has 5 rings (SSSR count). The summed E-state index contributed by atoms with van der Waals surface area (Å²) in [6.45, 7) is 7.56. The van der Waals surface area contributed by atoms with Crippen molar-refractivity contribution in [3.63, 3.8) is 0 Å². The summed E-state index contributed by atoms with van der Waals surface area (Å²) in [5.41, 5.74) is 5.52. The van der Waals surface area contributed by atoms with Gasteiger partial charge in [-0.2, -0.15) is 0 Å². The predicted molar refractivity (Wildman–Crippen MR) is 187 cm³/mol. The van der Waals surface area contributed by atoms with E-state index in [1.807, 2.05) is 55.5 Å². The molecule has 4 aromatic rings. The van der Waals surface area contributed by atoms with Crippen LogP contribution >= 0.6 is 0 Å². The van der Waals surface area contributed by atoms with Gasteiger partial charge in [-0.1, -0.05) is 44.2 Å².